The van der Waals surface area contributed by atoms with Gasteiger partial charge in [0.05, 0.1) is 12.3 Å². The number of carbonyl (C=O) groups excluding carboxylic acids is 1. The molecule has 0 saturated carbocycles. The highest BCUT2D eigenvalue weighted by atomic mass is 16.7. The summed E-state index contributed by atoms with van der Waals surface area (Å²) in [5, 5.41) is 16.5. The number of rotatable bonds is 10. The third kappa shape index (κ3) is 5.11. The lowest BCUT2D eigenvalue weighted by molar-refractivity contribution is 0.0407. The number of ether oxygens (including phenoxy) is 3. The normalized spacial score (nSPS) is 14.4. The van der Waals surface area contributed by atoms with Crippen molar-refractivity contribution in [2.45, 2.75) is 45.3 Å². The van der Waals surface area contributed by atoms with Crippen LogP contribution >= 0.6 is 0 Å². The van der Waals surface area contributed by atoms with E-state index in [-0.39, 0.29) is 11.7 Å². The molecular formula is C22H25N5O4. The summed E-state index contributed by atoms with van der Waals surface area (Å²) in [4.78, 5) is 12.7. The predicted octanol–water partition coefficient (Wildman–Crippen LogP) is 4.27. The molecule has 9 nitrogen and oxygen atoms in total. The summed E-state index contributed by atoms with van der Waals surface area (Å²) < 4.78 is 17.2. The Morgan fingerprint density at radius 3 is 2.71 bits per heavy atom. The molecule has 0 saturated heterocycles. The molecule has 0 bridgehead atoms. The summed E-state index contributed by atoms with van der Waals surface area (Å²) in [5.41, 5.74) is 1.02. The highest BCUT2D eigenvalue weighted by Gasteiger charge is 2.31. The average molecular weight is 423 g/mol. The van der Waals surface area contributed by atoms with Gasteiger partial charge in [-0.05, 0) is 48.0 Å². The molecule has 0 radical (unpaired) electrons. The van der Waals surface area contributed by atoms with Crippen LogP contribution in [0.15, 0.2) is 42.5 Å². The molecule has 31 heavy (non-hydrogen) atoms. The molecule has 1 atom stereocenters. The van der Waals surface area contributed by atoms with Gasteiger partial charge in [0.25, 0.3) is 11.7 Å². The van der Waals surface area contributed by atoms with E-state index in [0.29, 0.717) is 29.4 Å². The van der Waals surface area contributed by atoms with E-state index in [1.807, 2.05) is 12.1 Å². The first kappa shape index (κ1) is 20.6. The number of tetrazole rings is 1. The molecule has 0 fully saturated rings. The molecule has 162 valence electrons. The number of aromatic amines is 1. The molecule has 3 aromatic rings. The number of hydrogen-bond acceptors (Lipinski definition) is 7. The average Bonchev–Trinajstić information content (AvgIpc) is 3.47. The van der Waals surface area contributed by atoms with Gasteiger partial charge in [0.1, 0.15) is 5.75 Å². The Morgan fingerprint density at radius 1 is 1.10 bits per heavy atom. The summed E-state index contributed by atoms with van der Waals surface area (Å²) >= 11 is 0. The predicted molar refractivity (Wildman–Crippen MR) is 113 cm³/mol. The Morgan fingerprint density at radius 2 is 1.94 bits per heavy atom. The van der Waals surface area contributed by atoms with Crippen LogP contribution in [0.25, 0.3) is 0 Å². The number of nitrogens with one attached hydrogen (secondary N) is 2. The van der Waals surface area contributed by atoms with Crippen LogP contribution in [0, 0.1) is 0 Å². The van der Waals surface area contributed by atoms with Crippen LogP contribution in [0.5, 0.6) is 17.2 Å². The summed E-state index contributed by atoms with van der Waals surface area (Å²) in [6.07, 6.45) is 5.14. The van der Waals surface area contributed by atoms with E-state index in [4.69, 9.17) is 14.2 Å². The molecule has 9 heteroatoms. The minimum absolute atomic E-state index is 0.258. The van der Waals surface area contributed by atoms with Crippen LogP contribution in [0.1, 0.15) is 61.5 Å². The number of nitrogens with zero attached hydrogens (tertiary/aromatic N) is 3. The number of fused-ring (bicyclic) bond motifs is 1. The molecule has 0 spiro atoms. The highest BCUT2D eigenvalue weighted by Crippen LogP contribution is 2.44. The maximum Gasteiger partial charge on any atom is 0.306 e. The first-order valence-electron chi connectivity index (χ1n) is 10.5. The Bertz CT molecular complexity index is 992. The smallest absolute Gasteiger partial charge is 0.306 e. The lowest BCUT2D eigenvalue weighted by Crippen LogP contribution is -2.13. The van der Waals surface area contributed by atoms with Gasteiger partial charge in [-0.2, -0.15) is 5.21 Å². The van der Waals surface area contributed by atoms with Crippen molar-refractivity contribution in [2.75, 3.05) is 11.9 Å². The quantitative estimate of drug-likeness (QED) is 0.468. The molecule has 1 aromatic heterocycles. The largest absolute Gasteiger partial charge is 0.494 e. The Labute approximate surface area is 180 Å². The van der Waals surface area contributed by atoms with Crippen LogP contribution < -0.4 is 19.5 Å². The first-order valence-corrected chi connectivity index (χ1v) is 10.5. The van der Waals surface area contributed by atoms with Crippen molar-refractivity contribution >= 4 is 11.6 Å². The number of hydrogen-bond donors (Lipinski definition) is 2. The van der Waals surface area contributed by atoms with Crippen molar-refractivity contribution in [3.05, 3.63) is 53.9 Å². The van der Waals surface area contributed by atoms with Gasteiger partial charge < -0.3 is 19.5 Å². The van der Waals surface area contributed by atoms with E-state index >= 15 is 0 Å². The van der Waals surface area contributed by atoms with Crippen molar-refractivity contribution < 1.29 is 19.0 Å². The topological polar surface area (TPSA) is 111 Å². The molecule has 1 aliphatic heterocycles. The minimum atomic E-state index is -0.815. The van der Waals surface area contributed by atoms with E-state index in [9.17, 15) is 4.79 Å². The third-order valence-corrected chi connectivity index (χ3v) is 4.89. The zero-order valence-corrected chi connectivity index (χ0v) is 17.3. The highest BCUT2D eigenvalue weighted by molar-refractivity contribution is 6.05. The number of unbranched alkanes of at least 4 members (excludes halogenated alkanes) is 4. The Hall–Kier alpha value is -3.62. The van der Waals surface area contributed by atoms with Gasteiger partial charge in [-0.3, -0.25) is 4.79 Å². The van der Waals surface area contributed by atoms with Crippen LogP contribution in [0.3, 0.4) is 0 Å². The second-order valence-electron chi connectivity index (χ2n) is 7.21. The van der Waals surface area contributed by atoms with Crippen molar-refractivity contribution in [1.29, 1.82) is 0 Å². The molecular weight excluding hydrogens is 398 g/mol. The Balaban J connectivity index is 1.33. The fourth-order valence-corrected chi connectivity index (χ4v) is 3.24. The minimum Gasteiger partial charge on any atom is -0.494 e. The number of para-hydroxylation sites is 1. The summed E-state index contributed by atoms with van der Waals surface area (Å²) in [7, 11) is 0. The lowest BCUT2D eigenvalue weighted by Gasteiger charge is -2.10. The van der Waals surface area contributed by atoms with Gasteiger partial charge >= 0.3 is 6.29 Å². The van der Waals surface area contributed by atoms with E-state index in [1.165, 1.54) is 25.7 Å². The van der Waals surface area contributed by atoms with Crippen molar-refractivity contribution in [3.63, 3.8) is 0 Å². The van der Waals surface area contributed by atoms with E-state index in [2.05, 4.69) is 32.9 Å². The number of carbonyl (C=O) groups is 1. The maximum absolute atomic E-state index is 12.7. The summed E-state index contributed by atoms with van der Waals surface area (Å²) in [5.74, 6) is 1.69. The van der Waals surface area contributed by atoms with E-state index in [1.54, 1.807) is 30.3 Å². The van der Waals surface area contributed by atoms with Crippen molar-refractivity contribution in [1.82, 2.24) is 20.6 Å². The van der Waals surface area contributed by atoms with Crippen molar-refractivity contribution in [3.8, 4) is 17.2 Å². The molecule has 2 aromatic carbocycles. The van der Waals surface area contributed by atoms with Gasteiger partial charge in [-0.1, -0.05) is 38.7 Å². The summed E-state index contributed by atoms with van der Waals surface area (Å²) in [6.45, 7) is 2.89. The molecule has 0 aliphatic carbocycles. The standard InChI is InChI=1S/C22H25N5O4/c1-2-3-4-5-6-14-29-16-12-10-15(11-13-16)21(28)23-17-8-7-9-18-19(17)31-22(30-18)20-24-26-27-25-20/h7-13,22H,2-6,14H2,1H3,(H,23,28)(H,24,25,26,27). The molecule has 1 aliphatic rings. The molecule has 4 rings (SSSR count). The van der Waals surface area contributed by atoms with Crippen LogP contribution in [0.2, 0.25) is 0 Å². The second kappa shape index (κ2) is 9.92. The Kier molecular flexibility index (Phi) is 6.61. The molecule has 1 amide bonds. The number of aromatic nitrogens is 4. The van der Waals surface area contributed by atoms with Crippen molar-refractivity contribution in [2.24, 2.45) is 0 Å². The SMILES string of the molecule is CCCCCCCOc1ccc(C(=O)Nc2cccc3c2OC(c2nn[nH]n2)O3)cc1. The molecule has 1 unspecified atom stereocenters. The van der Waals surface area contributed by atoms with Gasteiger partial charge in [-0.15, -0.1) is 10.2 Å². The van der Waals surface area contributed by atoms with Crippen LogP contribution in [-0.4, -0.2) is 33.1 Å². The fourth-order valence-electron chi connectivity index (χ4n) is 3.24. The van der Waals surface area contributed by atoms with E-state index < -0.39 is 6.29 Å². The third-order valence-electron chi connectivity index (χ3n) is 4.89. The monoisotopic (exact) mass is 423 g/mol. The summed E-state index contributed by atoms with van der Waals surface area (Å²) in [6, 6.07) is 12.4. The number of benzene rings is 2. The zero-order chi connectivity index (χ0) is 21.5. The lowest BCUT2D eigenvalue weighted by atomic mass is 10.1. The van der Waals surface area contributed by atoms with Crippen LogP contribution in [-0.2, 0) is 0 Å². The molecule has 2 N–H and O–H groups in total. The van der Waals surface area contributed by atoms with Crippen LogP contribution in [0.4, 0.5) is 5.69 Å². The maximum atomic E-state index is 12.7. The first-order chi connectivity index (χ1) is 15.2. The van der Waals surface area contributed by atoms with Gasteiger partial charge in [-0.25, -0.2) is 0 Å². The van der Waals surface area contributed by atoms with Gasteiger partial charge in [0.2, 0.25) is 0 Å². The number of anilines is 1. The second-order valence-corrected chi connectivity index (χ2v) is 7.21. The number of H-pyrrole nitrogens is 1. The van der Waals surface area contributed by atoms with E-state index in [0.717, 1.165) is 12.2 Å². The zero-order valence-electron chi connectivity index (χ0n) is 17.3. The van der Waals surface area contributed by atoms with Gasteiger partial charge in [0.15, 0.2) is 11.5 Å². The molecule has 2 heterocycles. The van der Waals surface area contributed by atoms with Gasteiger partial charge in [0, 0.05) is 5.56 Å². The fraction of sp³-hybridized carbons (Fsp3) is 0.364. The number of amides is 1.